The summed E-state index contributed by atoms with van der Waals surface area (Å²) in [6, 6.07) is 2.23. The van der Waals surface area contributed by atoms with Gasteiger partial charge in [-0.1, -0.05) is 0 Å². The number of rotatable bonds is 1. The summed E-state index contributed by atoms with van der Waals surface area (Å²) in [6.45, 7) is 0. The van der Waals surface area contributed by atoms with Crippen LogP contribution in [0.15, 0.2) is 12.1 Å². The van der Waals surface area contributed by atoms with Crippen molar-refractivity contribution < 1.29 is 19.7 Å². The van der Waals surface area contributed by atoms with Gasteiger partial charge in [0.05, 0.1) is 5.60 Å². The Morgan fingerprint density at radius 3 is 2.31 bits per heavy atom. The second-order valence-corrected chi connectivity index (χ2v) is 3.36. The van der Waals surface area contributed by atoms with Gasteiger partial charge in [0.2, 0.25) is 0 Å². The molecule has 1 aliphatic carbocycles. The number of aromatic hydroxyl groups is 2. The predicted octanol–water partition coefficient (Wildman–Crippen LogP) is 1.22. The van der Waals surface area contributed by atoms with Crippen LogP contribution < -0.4 is 0 Å². The standard InChI is InChI=1S/C9H9FO3/c10-6-3-5(9(13)1-2-9)4-7(11)8(6)12/h3-4,11-13H,1-2H2. The van der Waals surface area contributed by atoms with Crippen molar-refractivity contribution in [2.24, 2.45) is 0 Å². The number of phenolic OH excluding ortho intramolecular Hbond substituents is 2. The molecule has 1 fully saturated rings. The molecule has 1 aliphatic rings. The Kier molecular flexibility index (Phi) is 1.51. The lowest BCUT2D eigenvalue weighted by Crippen LogP contribution is -2.04. The van der Waals surface area contributed by atoms with Crippen LogP contribution in [0, 0.1) is 5.82 Å². The number of phenols is 2. The van der Waals surface area contributed by atoms with Gasteiger partial charge in [0.15, 0.2) is 17.3 Å². The summed E-state index contributed by atoms with van der Waals surface area (Å²) in [5, 5.41) is 27.6. The number of hydrogen-bond acceptors (Lipinski definition) is 3. The van der Waals surface area contributed by atoms with Gasteiger partial charge in [-0.05, 0) is 30.5 Å². The largest absolute Gasteiger partial charge is 0.504 e. The third-order valence-corrected chi connectivity index (χ3v) is 2.30. The van der Waals surface area contributed by atoms with Crippen molar-refractivity contribution in [3.05, 3.63) is 23.5 Å². The number of aliphatic hydroxyl groups is 1. The molecule has 1 saturated carbocycles. The van der Waals surface area contributed by atoms with Crippen LogP contribution >= 0.6 is 0 Å². The zero-order valence-corrected chi connectivity index (χ0v) is 6.79. The van der Waals surface area contributed by atoms with Crippen LogP contribution in [0.25, 0.3) is 0 Å². The fourth-order valence-electron chi connectivity index (χ4n) is 1.26. The molecule has 3 N–H and O–H groups in total. The lowest BCUT2D eigenvalue weighted by molar-refractivity contribution is 0.150. The first-order valence-electron chi connectivity index (χ1n) is 3.97. The van der Waals surface area contributed by atoms with Crippen molar-refractivity contribution in [2.75, 3.05) is 0 Å². The Morgan fingerprint density at radius 2 is 1.85 bits per heavy atom. The average Bonchev–Trinajstić information content (AvgIpc) is 2.80. The van der Waals surface area contributed by atoms with Crippen LogP contribution in [0.5, 0.6) is 11.5 Å². The maximum absolute atomic E-state index is 12.9. The van der Waals surface area contributed by atoms with Crippen LogP contribution in [0.1, 0.15) is 18.4 Å². The summed E-state index contributed by atoms with van der Waals surface area (Å²) in [7, 11) is 0. The number of benzene rings is 1. The second-order valence-electron chi connectivity index (χ2n) is 3.36. The SMILES string of the molecule is Oc1cc(C2(O)CC2)cc(F)c1O. The summed E-state index contributed by atoms with van der Waals surface area (Å²) in [4.78, 5) is 0. The Labute approximate surface area is 74.1 Å². The lowest BCUT2D eigenvalue weighted by atomic mass is 10.1. The van der Waals surface area contributed by atoms with Gasteiger partial charge in [-0.25, -0.2) is 4.39 Å². The molecule has 0 bridgehead atoms. The van der Waals surface area contributed by atoms with E-state index in [1.165, 1.54) is 6.07 Å². The Hall–Kier alpha value is -1.29. The molecule has 3 nitrogen and oxygen atoms in total. The topological polar surface area (TPSA) is 60.7 Å². The molecule has 0 atom stereocenters. The van der Waals surface area contributed by atoms with Crippen molar-refractivity contribution in [3.63, 3.8) is 0 Å². The van der Waals surface area contributed by atoms with Crippen LogP contribution in [0.2, 0.25) is 0 Å². The minimum Gasteiger partial charge on any atom is -0.504 e. The van der Waals surface area contributed by atoms with Crippen molar-refractivity contribution in [2.45, 2.75) is 18.4 Å². The highest BCUT2D eigenvalue weighted by molar-refractivity contribution is 5.44. The molecule has 1 aromatic rings. The molecule has 0 saturated heterocycles. The summed E-state index contributed by atoms with van der Waals surface area (Å²) in [5.41, 5.74) is -0.674. The average molecular weight is 184 g/mol. The summed E-state index contributed by atoms with van der Waals surface area (Å²) in [5.74, 6) is -2.21. The highest BCUT2D eigenvalue weighted by Crippen LogP contribution is 2.47. The molecule has 0 aliphatic heterocycles. The van der Waals surface area contributed by atoms with Gasteiger partial charge >= 0.3 is 0 Å². The highest BCUT2D eigenvalue weighted by atomic mass is 19.1. The monoisotopic (exact) mass is 184 g/mol. The summed E-state index contributed by atoms with van der Waals surface area (Å²) in [6.07, 6.45) is 1.13. The molecule has 0 heterocycles. The maximum Gasteiger partial charge on any atom is 0.194 e. The molecular formula is C9H9FO3. The van der Waals surface area contributed by atoms with E-state index < -0.39 is 22.9 Å². The predicted molar refractivity (Wildman–Crippen MR) is 42.9 cm³/mol. The van der Waals surface area contributed by atoms with E-state index in [2.05, 4.69) is 0 Å². The normalized spacial score (nSPS) is 18.6. The van der Waals surface area contributed by atoms with Crippen LogP contribution in [0.4, 0.5) is 4.39 Å². The first kappa shape index (κ1) is 8.31. The maximum atomic E-state index is 12.9. The van der Waals surface area contributed by atoms with Gasteiger partial charge in [0.1, 0.15) is 0 Å². The molecule has 70 valence electrons. The fourth-order valence-corrected chi connectivity index (χ4v) is 1.26. The summed E-state index contributed by atoms with van der Waals surface area (Å²) < 4.78 is 12.9. The van der Waals surface area contributed by atoms with Gasteiger partial charge in [0.25, 0.3) is 0 Å². The van der Waals surface area contributed by atoms with E-state index in [-0.39, 0.29) is 0 Å². The van der Waals surface area contributed by atoms with Gasteiger partial charge in [-0.2, -0.15) is 0 Å². The van der Waals surface area contributed by atoms with Gasteiger partial charge in [0, 0.05) is 0 Å². The molecular weight excluding hydrogens is 175 g/mol. The molecule has 0 unspecified atom stereocenters. The molecule has 0 radical (unpaired) electrons. The van der Waals surface area contributed by atoms with Crippen molar-refractivity contribution >= 4 is 0 Å². The zero-order valence-electron chi connectivity index (χ0n) is 6.79. The Balaban J connectivity index is 2.50. The molecule has 0 spiro atoms. The smallest absolute Gasteiger partial charge is 0.194 e. The van der Waals surface area contributed by atoms with E-state index in [1.807, 2.05) is 0 Å². The third-order valence-electron chi connectivity index (χ3n) is 2.30. The third kappa shape index (κ3) is 1.23. The Morgan fingerprint density at radius 1 is 1.23 bits per heavy atom. The van der Waals surface area contributed by atoms with Crippen LogP contribution in [0.3, 0.4) is 0 Å². The second kappa shape index (κ2) is 2.35. The van der Waals surface area contributed by atoms with E-state index in [0.717, 1.165) is 6.07 Å². The molecule has 1 aromatic carbocycles. The molecule has 2 rings (SSSR count). The van der Waals surface area contributed by atoms with E-state index >= 15 is 0 Å². The molecule has 13 heavy (non-hydrogen) atoms. The minimum absolute atomic E-state index is 0.320. The quantitative estimate of drug-likeness (QED) is 0.575. The lowest BCUT2D eigenvalue weighted by Gasteiger charge is -2.09. The summed E-state index contributed by atoms with van der Waals surface area (Å²) >= 11 is 0. The van der Waals surface area contributed by atoms with Gasteiger partial charge in [-0.3, -0.25) is 0 Å². The van der Waals surface area contributed by atoms with E-state index in [1.54, 1.807) is 0 Å². The van der Waals surface area contributed by atoms with Crippen molar-refractivity contribution in [1.29, 1.82) is 0 Å². The van der Waals surface area contributed by atoms with E-state index in [9.17, 15) is 9.50 Å². The van der Waals surface area contributed by atoms with Crippen molar-refractivity contribution in [1.82, 2.24) is 0 Å². The highest BCUT2D eigenvalue weighted by Gasteiger charge is 2.42. The van der Waals surface area contributed by atoms with Crippen molar-refractivity contribution in [3.8, 4) is 11.5 Å². The number of halogens is 1. The Bertz CT molecular complexity index is 335. The zero-order chi connectivity index (χ0) is 9.64. The van der Waals surface area contributed by atoms with Gasteiger partial charge in [-0.15, -0.1) is 0 Å². The van der Waals surface area contributed by atoms with Crippen LogP contribution in [-0.4, -0.2) is 15.3 Å². The van der Waals surface area contributed by atoms with Crippen LogP contribution in [-0.2, 0) is 5.60 Å². The van der Waals surface area contributed by atoms with E-state index in [4.69, 9.17) is 10.2 Å². The minimum atomic E-state index is -0.994. The first-order chi connectivity index (χ1) is 6.03. The van der Waals surface area contributed by atoms with E-state index in [0.29, 0.717) is 18.4 Å². The molecule has 0 amide bonds. The fraction of sp³-hybridized carbons (Fsp3) is 0.333. The first-order valence-corrected chi connectivity index (χ1v) is 3.97. The number of hydrogen-bond donors (Lipinski definition) is 3. The van der Waals surface area contributed by atoms with Gasteiger partial charge < -0.3 is 15.3 Å². The molecule has 4 heteroatoms. The molecule has 0 aromatic heterocycles.